The van der Waals surface area contributed by atoms with E-state index in [-0.39, 0.29) is 23.8 Å². The summed E-state index contributed by atoms with van der Waals surface area (Å²) in [4.78, 5) is 33.9. The molecule has 7 heteroatoms. The molecule has 3 rings (SSSR count). The summed E-state index contributed by atoms with van der Waals surface area (Å²) in [6.07, 6.45) is 2.09. The van der Waals surface area contributed by atoms with Gasteiger partial charge in [0.2, 0.25) is 11.8 Å². The van der Waals surface area contributed by atoms with Crippen molar-refractivity contribution >= 4 is 11.8 Å². The van der Waals surface area contributed by atoms with E-state index in [4.69, 9.17) is 4.42 Å². The van der Waals surface area contributed by atoms with Crippen LogP contribution >= 0.6 is 0 Å². The van der Waals surface area contributed by atoms with Gasteiger partial charge in [-0.15, -0.1) is 0 Å². The molecule has 2 fully saturated rings. The lowest BCUT2D eigenvalue weighted by molar-refractivity contribution is -0.134. The fourth-order valence-electron chi connectivity index (χ4n) is 3.18. The molecule has 0 aromatic carbocycles. The molecule has 7 nitrogen and oxygen atoms in total. The lowest BCUT2D eigenvalue weighted by Gasteiger charge is -2.43. The molecule has 0 saturated carbocycles. The lowest BCUT2D eigenvalue weighted by atomic mass is 10.1. The summed E-state index contributed by atoms with van der Waals surface area (Å²) in [5.74, 6) is 1.48. The first kappa shape index (κ1) is 15.0. The highest BCUT2D eigenvalue weighted by Crippen LogP contribution is 2.26. The highest BCUT2D eigenvalue weighted by Gasteiger charge is 2.42. The first-order chi connectivity index (χ1) is 10.4. The van der Waals surface area contributed by atoms with Crippen LogP contribution in [0.25, 0.3) is 0 Å². The van der Waals surface area contributed by atoms with E-state index >= 15 is 0 Å². The Morgan fingerprint density at radius 2 is 2.14 bits per heavy atom. The average Bonchev–Trinajstić information content (AvgIpc) is 2.99. The molecule has 1 aromatic rings. The van der Waals surface area contributed by atoms with Crippen molar-refractivity contribution in [3.8, 4) is 0 Å². The van der Waals surface area contributed by atoms with Crippen molar-refractivity contribution in [3.05, 3.63) is 17.8 Å². The van der Waals surface area contributed by atoms with Crippen molar-refractivity contribution in [1.29, 1.82) is 0 Å². The third-order valence-electron chi connectivity index (χ3n) is 4.38. The standard InChI is InChI=1S/C15H22N4O3/c1-10-16-5-13(22-10)9-18-7-12(8-18)19-6-11(4-14(19)20)15(21)17(2)3/h5,11-12H,4,6-9H2,1-3H3. The minimum absolute atomic E-state index is 0.0455. The van der Waals surface area contributed by atoms with E-state index in [9.17, 15) is 9.59 Å². The van der Waals surface area contributed by atoms with Crippen molar-refractivity contribution in [3.63, 3.8) is 0 Å². The SMILES string of the molecule is Cc1ncc(CN2CC(N3CC(C(=O)N(C)C)CC3=O)C2)o1. The zero-order chi connectivity index (χ0) is 15.9. The molecule has 0 aliphatic carbocycles. The number of carbonyl (C=O) groups is 2. The van der Waals surface area contributed by atoms with Gasteiger partial charge in [0.1, 0.15) is 5.76 Å². The van der Waals surface area contributed by atoms with Gasteiger partial charge in [-0.1, -0.05) is 0 Å². The van der Waals surface area contributed by atoms with Crippen LogP contribution in [-0.4, -0.2) is 71.3 Å². The highest BCUT2D eigenvalue weighted by molar-refractivity contribution is 5.89. The summed E-state index contributed by atoms with van der Waals surface area (Å²) in [7, 11) is 3.47. The van der Waals surface area contributed by atoms with Gasteiger partial charge in [0.25, 0.3) is 0 Å². The van der Waals surface area contributed by atoms with E-state index < -0.39 is 0 Å². The monoisotopic (exact) mass is 306 g/mol. The molecule has 120 valence electrons. The van der Waals surface area contributed by atoms with Crippen molar-refractivity contribution in [2.24, 2.45) is 5.92 Å². The molecule has 1 unspecified atom stereocenters. The molecular formula is C15H22N4O3. The molecule has 3 heterocycles. The van der Waals surface area contributed by atoms with Crippen LogP contribution in [-0.2, 0) is 16.1 Å². The maximum atomic E-state index is 12.1. The lowest BCUT2D eigenvalue weighted by Crippen LogP contribution is -2.59. The Hall–Kier alpha value is -1.89. The van der Waals surface area contributed by atoms with Crippen LogP contribution in [0, 0.1) is 12.8 Å². The predicted molar refractivity (Wildman–Crippen MR) is 78.8 cm³/mol. The quantitative estimate of drug-likeness (QED) is 0.789. The number of amides is 2. The molecule has 2 amide bonds. The predicted octanol–water partition coefficient (Wildman–Crippen LogP) is 0.104. The highest BCUT2D eigenvalue weighted by atomic mass is 16.4. The summed E-state index contributed by atoms with van der Waals surface area (Å²) in [5, 5.41) is 0. The second kappa shape index (κ2) is 5.72. The Balaban J connectivity index is 1.50. The van der Waals surface area contributed by atoms with Crippen LogP contribution in [0.15, 0.2) is 10.6 Å². The Bertz CT molecular complexity index is 577. The van der Waals surface area contributed by atoms with E-state index in [0.29, 0.717) is 18.9 Å². The number of likely N-dealkylation sites (tertiary alicyclic amines) is 2. The third kappa shape index (κ3) is 2.85. The molecule has 0 spiro atoms. The van der Waals surface area contributed by atoms with Crippen LogP contribution in [0.5, 0.6) is 0 Å². The zero-order valence-corrected chi connectivity index (χ0v) is 13.3. The van der Waals surface area contributed by atoms with Crippen LogP contribution in [0.2, 0.25) is 0 Å². The van der Waals surface area contributed by atoms with Gasteiger partial charge < -0.3 is 14.2 Å². The van der Waals surface area contributed by atoms with Gasteiger partial charge in [-0.25, -0.2) is 4.98 Å². The van der Waals surface area contributed by atoms with E-state index in [0.717, 1.165) is 25.4 Å². The second-order valence-corrected chi connectivity index (χ2v) is 6.37. The Labute approximate surface area is 129 Å². The van der Waals surface area contributed by atoms with Crippen molar-refractivity contribution in [2.75, 3.05) is 33.7 Å². The smallest absolute Gasteiger partial charge is 0.227 e. The Morgan fingerprint density at radius 3 is 2.73 bits per heavy atom. The number of aryl methyl sites for hydroxylation is 1. The van der Waals surface area contributed by atoms with Gasteiger partial charge in [0.15, 0.2) is 5.89 Å². The van der Waals surface area contributed by atoms with Gasteiger partial charge in [0.05, 0.1) is 24.7 Å². The van der Waals surface area contributed by atoms with E-state index in [1.807, 2.05) is 11.8 Å². The molecule has 2 aliphatic heterocycles. The number of carbonyl (C=O) groups excluding carboxylic acids is 2. The Kier molecular flexibility index (Phi) is 3.90. The number of aromatic nitrogens is 1. The van der Waals surface area contributed by atoms with Gasteiger partial charge >= 0.3 is 0 Å². The number of rotatable bonds is 4. The number of oxazole rings is 1. The van der Waals surface area contributed by atoms with E-state index in [1.165, 1.54) is 0 Å². The van der Waals surface area contributed by atoms with Crippen molar-refractivity contribution in [2.45, 2.75) is 25.9 Å². The largest absolute Gasteiger partial charge is 0.445 e. The molecule has 0 radical (unpaired) electrons. The first-order valence-electron chi connectivity index (χ1n) is 7.58. The van der Waals surface area contributed by atoms with Crippen LogP contribution in [0.1, 0.15) is 18.1 Å². The second-order valence-electron chi connectivity index (χ2n) is 6.37. The normalized spacial score (nSPS) is 23.0. The van der Waals surface area contributed by atoms with Crippen molar-refractivity contribution in [1.82, 2.24) is 19.7 Å². The van der Waals surface area contributed by atoms with Gasteiger partial charge in [-0.2, -0.15) is 0 Å². The molecular weight excluding hydrogens is 284 g/mol. The molecule has 1 atom stereocenters. The van der Waals surface area contributed by atoms with Crippen LogP contribution < -0.4 is 0 Å². The summed E-state index contributed by atoms with van der Waals surface area (Å²) < 4.78 is 5.46. The molecule has 1 aromatic heterocycles. The number of nitrogens with zero attached hydrogens (tertiary/aromatic N) is 4. The van der Waals surface area contributed by atoms with Crippen molar-refractivity contribution < 1.29 is 14.0 Å². The minimum atomic E-state index is -0.187. The maximum absolute atomic E-state index is 12.1. The average molecular weight is 306 g/mol. The molecule has 0 N–H and O–H groups in total. The summed E-state index contributed by atoms with van der Waals surface area (Å²) in [6.45, 7) is 4.76. The zero-order valence-electron chi connectivity index (χ0n) is 13.3. The summed E-state index contributed by atoms with van der Waals surface area (Å²) >= 11 is 0. The fourth-order valence-corrected chi connectivity index (χ4v) is 3.18. The fraction of sp³-hybridized carbons (Fsp3) is 0.667. The first-order valence-corrected chi connectivity index (χ1v) is 7.58. The van der Waals surface area contributed by atoms with E-state index in [1.54, 1.807) is 25.2 Å². The molecule has 22 heavy (non-hydrogen) atoms. The number of hydrogen-bond acceptors (Lipinski definition) is 5. The Morgan fingerprint density at radius 1 is 1.41 bits per heavy atom. The third-order valence-corrected chi connectivity index (χ3v) is 4.38. The summed E-state index contributed by atoms with van der Waals surface area (Å²) in [5.41, 5.74) is 0. The van der Waals surface area contributed by atoms with Gasteiger partial charge in [-0.05, 0) is 0 Å². The van der Waals surface area contributed by atoms with Crippen LogP contribution in [0.3, 0.4) is 0 Å². The topological polar surface area (TPSA) is 69.9 Å². The van der Waals surface area contributed by atoms with Gasteiger partial charge in [-0.3, -0.25) is 14.5 Å². The number of hydrogen-bond donors (Lipinski definition) is 0. The summed E-state index contributed by atoms with van der Waals surface area (Å²) in [6, 6.07) is 0.219. The van der Waals surface area contributed by atoms with E-state index in [2.05, 4.69) is 9.88 Å². The minimum Gasteiger partial charge on any atom is -0.445 e. The molecule has 2 saturated heterocycles. The molecule has 2 aliphatic rings. The maximum Gasteiger partial charge on any atom is 0.227 e. The van der Waals surface area contributed by atoms with Gasteiger partial charge in [0, 0.05) is 47.1 Å². The molecule has 0 bridgehead atoms. The van der Waals surface area contributed by atoms with Crippen LogP contribution in [0.4, 0.5) is 0 Å².